The molecule has 0 spiro atoms. The van der Waals surface area contributed by atoms with Gasteiger partial charge in [0.2, 0.25) is 5.91 Å². The lowest BCUT2D eigenvalue weighted by molar-refractivity contribution is -0.129. The largest absolute Gasteiger partial charge is 0.411 e. The molecule has 0 unspecified atom stereocenters. The minimum atomic E-state index is -0.177. The van der Waals surface area contributed by atoms with E-state index < -0.39 is 0 Å². The van der Waals surface area contributed by atoms with Crippen LogP contribution in [0.4, 0.5) is 0 Å². The zero-order valence-corrected chi connectivity index (χ0v) is 11.5. The van der Waals surface area contributed by atoms with Gasteiger partial charge in [-0.1, -0.05) is 12.1 Å². The molecule has 0 atom stereocenters. The number of nitrogens with one attached hydrogen (secondary N) is 1. The fourth-order valence-corrected chi connectivity index (χ4v) is 1.89. The molecule has 5 heteroatoms. The van der Waals surface area contributed by atoms with E-state index in [1.165, 1.54) is 0 Å². The van der Waals surface area contributed by atoms with E-state index in [-0.39, 0.29) is 24.2 Å². The molecule has 1 rings (SSSR count). The highest BCUT2D eigenvalue weighted by Gasteiger charge is 2.21. The topological polar surface area (TPSA) is 70.9 Å². The summed E-state index contributed by atoms with van der Waals surface area (Å²) in [5.74, 6) is -0.0662. The predicted octanol–water partition coefficient (Wildman–Crippen LogP) is 2.08. The van der Waals surface area contributed by atoms with Gasteiger partial charge in [0.05, 0.1) is 11.8 Å². The summed E-state index contributed by atoms with van der Waals surface area (Å²) in [6.07, 6.45) is 4.14. The molecule has 0 saturated heterocycles. The lowest BCUT2D eigenvalue weighted by Crippen LogP contribution is -2.45. The highest BCUT2D eigenvalue weighted by atomic mass is 16.5. The van der Waals surface area contributed by atoms with Gasteiger partial charge in [-0.05, 0) is 46.0 Å². The molecule has 0 radical (unpaired) electrons. The molecule has 0 heterocycles. The first-order valence-electron chi connectivity index (χ1n) is 6.59. The first kappa shape index (κ1) is 15.0. The van der Waals surface area contributed by atoms with E-state index in [2.05, 4.69) is 10.5 Å². The van der Waals surface area contributed by atoms with Crippen molar-refractivity contribution in [2.45, 2.75) is 64.5 Å². The number of carbonyl (C=O) groups excluding carboxylic acids is 1. The van der Waals surface area contributed by atoms with Crippen LogP contribution < -0.4 is 5.32 Å². The third-order valence-electron chi connectivity index (χ3n) is 3.46. The monoisotopic (exact) mass is 256 g/mol. The van der Waals surface area contributed by atoms with Crippen LogP contribution in [0.15, 0.2) is 5.16 Å². The van der Waals surface area contributed by atoms with Gasteiger partial charge in [-0.3, -0.25) is 4.79 Å². The summed E-state index contributed by atoms with van der Waals surface area (Å²) in [5, 5.41) is 14.8. The number of oxime groups is 1. The zero-order valence-electron chi connectivity index (χ0n) is 11.5. The SMILES string of the molecule is CCC(C)(C)NC(=O)COC1CCC(=NO)CC1. The van der Waals surface area contributed by atoms with Crippen LogP contribution >= 0.6 is 0 Å². The van der Waals surface area contributed by atoms with Crippen molar-refractivity contribution in [3.63, 3.8) is 0 Å². The molecule has 1 saturated carbocycles. The Hall–Kier alpha value is -1.10. The van der Waals surface area contributed by atoms with Crippen molar-refractivity contribution in [2.75, 3.05) is 6.61 Å². The van der Waals surface area contributed by atoms with Crippen molar-refractivity contribution in [2.24, 2.45) is 5.16 Å². The molecule has 1 aliphatic rings. The average Bonchev–Trinajstić information content (AvgIpc) is 2.36. The van der Waals surface area contributed by atoms with Crippen molar-refractivity contribution in [1.29, 1.82) is 0 Å². The number of rotatable bonds is 5. The van der Waals surface area contributed by atoms with Crippen LogP contribution in [0.2, 0.25) is 0 Å². The molecule has 0 aromatic rings. The fraction of sp³-hybridized carbons (Fsp3) is 0.846. The first-order valence-corrected chi connectivity index (χ1v) is 6.59. The normalized spacial score (nSPS) is 20.6. The Kier molecular flexibility index (Phi) is 5.59. The van der Waals surface area contributed by atoms with E-state index in [0.717, 1.165) is 37.8 Å². The molecule has 0 bridgehead atoms. The summed E-state index contributed by atoms with van der Waals surface area (Å²) in [7, 11) is 0. The standard InChI is InChI=1S/C13H24N2O3/c1-4-13(2,3)14-12(16)9-18-11-7-5-10(15-17)6-8-11/h11,17H,4-9H2,1-3H3,(H,14,16). The molecule has 2 N–H and O–H groups in total. The summed E-state index contributed by atoms with van der Waals surface area (Å²) in [5.41, 5.74) is 0.649. The summed E-state index contributed by atoms with van der Waals surface area (Å²) in [6.45, 7) is 6.14. The lowest BCUT2D eigenvalue weighted by atomic mass is 9.96. The Morgan fingerprint density at radius 3 is 2.61 bits per heavy atom. The number of ether oxygens (including phenoxy) is 1. The molecule has 1 aliphatic carbocycles. The molecule has 1 amide bonds. The highest BCUT2D eigenvalue weighted by Crippen LogP contribution is 2.18. The second kappa shape index (κ2) is 6.73. The van der Waals surface area contributed by atoms with Gasteiger partial charge in [-0.2, -0.15) is 0 Å². The maximum absolute atomic E-state index is 11.7. The summed E-state index contributed by atoms with van der Waals surface area (Å²) in [4.78, 5) is 11.7. The van der Waals surface area contributed by atoms with Crippen LogP contribution in [-0.4, -0.2) is 35.1 Å². The Bertz CT molecular complexity index is 303. The van der Waals surface area contributed by atoms with Gasteiger partial charge in [0, 0.05) is 5.54 Å². The van der Waals surface area contributed by atoms with Gasteiger partial charge in [0.25, 0.3) is 0 Å². The van der Waals surface area contributed by atoms with Crippen molar-refractivity contribution < 1.29 is 14.7 Å². The predicted molar refractivity (Wildman–Crippen MR) is 69.9 cm³/mol. The highest BCUT2D eigenvalue weighted by molar-refractivity contribution is 5.84. The first-order chi connectivity index (χ1) is 8.46. The molecule has 1 fully saturated rings. The maximum Gasteiger partial charge on any atom is 0.246 e. The average molecular weight is 256 g/mol. The van der Waals surface area contributed by atoms with Crippen molar-refractivity contribution in [3.8, 4) is 0 Å². The van der Waals surface area contributed by atoms with Gasteiger partial charge in [-0.15, -0.1) is 0 Å². The van der Waals surface area contributed by atoms with Crippen LogP contribution in [-0.2, 0) is 9.53 Å². The van der Waals surface area contributed by atoms with E-state index in [9.17, 15) is 4.79 Å². The van der Waals surface area contributed by atoms with Crippen LogP contribution in [0.1, 0.15) is 52.9 Å². The minimum absolute atomic E-state index is 0.0662. The number of hydrogen-bond donors (Lipinski definition) is 2. The number of carbonyl (C=O) groups is 1. The van der Waals surface area contributed by atoms with Crippen LogP contribution in [0, 0.1) is 0 Å². The third-order valence-corrected chi connectivity index (χ3v) is 3.46. The van der Waals surface area contributed by atoms with Crippen LogP contribution in [0.25, 0.3) is 0 Å². The van der Waals surface area contributed by atoms with E-state index in [4.69, 9.17) is 9.94 Å². The Balaban J connectivity index is 2.23. The number of nitrogens with zero attached hydrogens (tertiary/aromatic N) is 1. The lowest BCUT2D eigenvalue weighted by Gasteiger charge is -2.26. The number of amides is 1. The second-order valence-electron chi connectivity index (χ2n) is 5.46. The quantitative estimate of drug-likeness (QED) is 0.584. The summed E-state index contributed by atoms with van der Waals surface area (Å²) in [6, 6.07) is 0. The molecular formula is C13H24N2O3. The zero-order chi connectivity index (χ0) is 13.6. The Morgan fingerprint density at radius 1 is 1.50 bits per heavy atom. The molecule has 5 nitrogen and oxygen atoms in total. The van der Waals surface area contributed by atoms with E-state index >= 15 is 0 Å². The Morgan fingerprint density at radius 2 is 2.11 bits per heavy atom. The van der Waals surface area contributed by atoms with Gasteiger partial charge < -0.3 is 15.3 Å². The molecule has 18 heavy (non-hydrogen) atoms. The summed E-state index contributed by atoms with van der Waals surface area (Å²) >= 11 is 0. The van der Waals surface area contributed by atoms with Crippen LogP contribution in [0.3, 0.4) is 0 Å². The molecular weight excluding hydrogens is 232 g/mol. The van der Waals surface area contributed by atoms with E-state index in [1.807, 2.05) is 20.8 Å². The van der Waals surface area contributed by atoms with Crippen molar-refractivity contribution in [1.82, 2.24) is 5.32 Å². The van der Waals surface area contributed by atoms with Gasteiger partial charge >= 0.3 is 0 Å². The molecule has 0 aromatic heterocycles. The second-order valence-corrected chi connectivity index (χ2v) is 5.46. The Labute approximate surface area is 109 Å². The summed E-state index contributed by atoms with van der Waals surface area (Å²) < 4.78 is 5.58. The maximum atomic E-state index is 11.7. The van der Waals surface area contributed by atoms with Crippen molar-refractivity contribution in [3.05, 3.63) is 0 Å². The van der Waals surface area contributed by atoms with Crippen LogP contribution in [0.5, 0.6) is 0 Å². The van der Waals surface area contributed by atoms with E-state index in [0.29, 0.717) is 0 Å². The number of hydrogen-bond acceptors (Lipinski definition) is 4. The molecule has 104 valence electrons. The van der Waals surface area contributed by atoms with Gasteiger partial charge in [-0.25, -0.2) is 0 Å². The molecule has 0 aliphatic heterocycles. The van der Waals surface area contributed by atoms with Gasteiger partial charge in [0.1, 0.15) is 6.61 Å². The minimum Gasteiger partial charge on any atom is -0.411 e. The fourth-order valence-electron chi connectivity index (χ4n) is 1.89. The van der Waals surface area contributed by atoms with Gasteiger partial charge in [0.15, 0.2) is 0 Å². The molecule has 0 aromatic carbocycles. The van der Waals surface area contributed by atoms with Crippen molar-refractivity contribution >= 4 is 11.6 Å². The third kappa shape index (κ3) is 5.04. The van der Waals surface area contributed by atoms with E-state index in [1.54, 1.807) is 0 Å². The smallest absolute Gasteiger partial charge is 0.246 e.